The van der Waals surface area contributed by atoms with Crippen LogP contribution in [0.2, 0.25) is 0 Å². The van der Waals surface area contributed by atoms with Crippen LogP contribution < -0.4 is 0 Å². The molecule has 0 aliphatic rings. The van der Waals surface area contributed by atoms with E-state index in [1.54, 1.807) is 6.08 Å². The molecule has 1 nitrogen and oxygen atoms in total. The Bertz CT molecular complexity index is 305. The van der Waals surface area contributed by atoms with Crippen LogP contribution in [0.1, 0.15) is 11.1 Å². The number of aryl methyl sites for hydroxylation is 1. The lowest BCUT2D eigenvalue weighted by molar-refractivity contribution is 1.46. The molecule has 0 saturated carbocycles. The molecule has 0 radical (unpaired) electrons. The number of nitriles is 1. The van der Waals surface area contributed by atoms with Crippen molar-refractivity contribution in [3.63, 3.8) is 0 Å². The van der Waals surface area contributed by atoms with Gasteiger partial charge in [-0.1, -0.05) is 29.8 Å². The zero-order valence-electron chi connectivity index (χ0n) is 6.41. The van der Waals surface area contributed by atoms with Crippen LogP contribution in [0.5, 0.6) is 0 Å². The van der Waals surface area contributed by atoms with Crippen LogP contribution in [0.15, 0.2) is 30.3 Å². The Labute approximate surface area is 66.6 Å². The van der Waals surface area contributed by atoms with Crippen molar-refractivity contribution in [1.29, 1.82) is 5.26 Å². The molecule has 1 rings (SSSR count). The lowest BCUT2D eigenvalue weighted by atomic mass is 10.1. The van der Waals surface area contributed by atoms with Crippen molar-refractivity contribution in [2.24, 2.45) is 0 Å². The molecule has 0 N–H and O–H groups in total. The van der Waals surface area contributed by atoms with Crippen molar-refractivity contribution in [2.75, 3.05) is 0 Å². The lowest BCUT2D eigenvalue weighted by Gasteiger charge is -1.92. The lowest BCUT2D eigenvalue weighted by Crippen LogP contribution is -1.73. The molecule has 0 unspecified atom stereocenters. The van der Waals surface area contributed by atoms with Gasteiger partial charge in [0.15, 0.2) is 0 Å². The van der Waals surface area contributed by atoms with Gasteiger partial charge in [-0.15, -0.1) is 0 Å². The van der Waals surface area contributed by atoms with Gasteiger partial charge in [-0.05, 0) is 18.6 Å². The van der Waals surface area contributed by atoms with Crippen LogP contribution in [0.3, 0.4) is 0 Å². The highest BCUT2D eigenvalue weighted by atomic mass is 14.2. The fraction of sp³-hybridized carbons (Fsp3) is 0.100. The Balaban J connectivity index is 2.90. The summed E-state index contributed by atoms with van der Waals surface area (Å²) in [6.45, 7) is 2.03. The van der Waals surface area contributed by atoms with Gasteiger partial charge in [0.2, 0.25) is 0 Å². The topological polar surface area (TPSA) is 23.8 Å². The quantitative estimate of drug-likeness (QED) is 0.554. The molecule has 0 aliphatic carbocycles. The largest absolute Gasteiger partial charge is 0.193 e. The molecule has 1 aromatic carbocycles. The normalized spacial score (nSPS) is 9.82. The van der Waals surface area contributed by atoms with Gasteiger partial charge in [-0.25, -0.2) is 0 Å². The first-order valence-corrected chi connectivity index (χ1v) is 3.46. The van der Waals surface area contributed by atoms with Gasteiger partial charge in [0, 0.05) is 6.08 Å². The van der Waals surface area contributed by atoms with Crippen molar-refractivity contribution in [2.45, 2.75) is 6.92 Å². The molecular weight excluding hydrogens is 134 g/mol. The van der Waals surface area contributed by atoms with E-state index in [1.165, 1.54) is 11.6 Å². The highest BCUT2D eigenvalue weighted by molar-refractivity contribution is 5.52. The molecule has 0 aromatic heterocycles. The molecule has 0 aliphatic heterocycles. The average Bonchev–Trinajstić information content (AvgIpc) is 2.01. The summed E-state index contributed by atoms with van der Waals surface area (Å²) in [5, 5.41) is 8.26. The molecular formula is C10H9N. The molecule has 0 bridgehead atoms. The molecule has 1 heteroatoms. The minimum atomic E-state index is 1.08. The van der Waals surface area contributed by atoms with E-state index in [9.17, 15) is 0 Å². The van der Waals surface area contributed by atoms with E-state index in [1.807, 2.05) is 37.3 Å². The Kier molecular flexibility index (Phi) is 2.46. The van der Waals surface area contributed by atoms with Gasteiger partial charge in [0.1, 0.15) is 0 Å². The van der Waals surface area contributed by atoms with Crippen LogP contribution in [-0.4, -0.2) is 0 Å². The standard InChI is InChI=1S/C10H9N/c1-9-4-2-5-10(8-9)6-3-7-11/h2-6,8H,1H3/b6-3+. The molecule has 0 atom stereocenters. The van der Waals surface area contributed by atoms with E-state index in [4.69, 9.17) is 5.26 Å². The van der Waals surface area contributed by atoms with Crippen molar-refractivity contribution in [3.8, 4) is 6.07 Å². The molecule has 0 heterocycles. The van der Waals surface area contributed by atoms with Gasteiger partial charge in [0.05, 0.1) is 6.07 Å². The number of rotatable bonds is 1. The molecule has 1 aromatic rings. The Hall–Kier alpha value is -1.55. The van der Waals surface area contributed by atoms with E-state index in [2.05, 4.69) is 0 Å². The van der Waals surface area contributed by atoms with Gasteiger partial charge in [-0.2, -0.15) is 5.26 Å². The first-order valence-electron chi connectivity index (χ1n) is 3.46. The van der Waals surface area contributed by atoms with Crippen molar-refractivity contribution in [1.82, 2.24) is 0 Å². The fourth-order valence-electron chi connectivity index (χ4n) is 0.907. The summed E-state index contributed by atoms with van der Waals surface area (Å²) < 4.78 is 0. The third-order valence-electron chi connectivity index (χ3n) is 1.39. The van der Waals surface area contributed by atoms with E-state index in [0.717, 1.165) is 5.56 Å². The maximum absolute atomic E-state index is 8.26. The second-order valence-corrected chi connectivity index (χ2v) is 2.38. The predicted molar refractivity (Wildman–Crippen MR) is 45.8 cm³/mol. The summed E-state index contributed by atoms with van der Waals surface area (Å²) in [5.41, 5.74) is 2.29. The van der Waals surface area contributed by atoms with Crippen LogP contribution >= 0.6 is 0 Å². The molecule has 11 heavy (non-hydrogen) atoms. The van der Waals surface area contributed by atoms with Crippen LogP contribution in [-0.2, 0) is 0 Å². The van der Waals surface area contributed by atoms with E-state index in [0.29, 0.717) is 0 Å². The Morgan fingerprint density at radius 3 is 2.91 bits per heavy atom. The summed E-state index contributed by atoms with van der Waals surface area (Å²) in [6, 6.07) is 9.97. The Morgan fingerprint density at radius 2 is 2.27 bits per heavy atom. The molecule has 0 saturated heterocycles. The molecule has 0 spiro atoms. The number of nitrogens with zero attached hydrogens (tertiary/aromatic N) is 1. The van der Waals surface area contributed by atoms with Gasteiger partial charge in [0.25, 0.3) is 0 Å². The maximum atomic E-state index is 8.26. The van der Waals surface area contributed by atoms with Crippen LogP contribution in [0.4, 0.5) is 0 Å². The summed E-state index contributed by atoms with van der Waals surface area (Å²) in [5.74, 6) is 0. The summed E-state index contributed by atoms with van der Waals surface area (Å²) in [6.07, 6.45) is 3.28. The third-order valence-corrected chi connectivity index (χ3v) is 1.39. The number of allylic oxidation sites excluding steroid dienone is 1. The second-order valence-electron chi connectivity index (χ2n) is 2.38. The summed E-state index contributed by atoms with van der Waals surface area (Å²) >= 11 is 0. The first kappa shape index (κ1) is 7.56. The molecule has 54 valence electrons. The first-order chi connectivity index (χ1) is 5.33. The average molecular weight is 143 g/mol. The second kappa shape index (κ2) is 3.58. The predicted octanol–water partition coefficient (Wildman–Crippen LogP) is 2.53. The van der Waals surface area contributed by atoms with E-state index >= 15 is 0 Å². The van der Waals surface area contributed by atoms with Crippen molar-refractivity contribution < 1.29 is 0 Å². The minimum absolute atomic E-state index is 1.08. The van der Waals surface area contributed by atoms with E-state index in [-0.39, 0.29) is 0 Å². The molecule has 0 fully saturated rings. The van der Waals surface area contributed by atoms with Crippen LogP contribution in [0, 0.1) is 18.3 Å². The van der Waals surface area contributed by atoms with E-state index < -0.39 is 0 Å². The smallest absolute Gasteiger partial charge is 0.0912 e. The Morgan fingerprint density at radius 1 is 1.45 bits per heavy atom. The summed E-state index contributed by atoms with van der Waals surface area (Å²) in [7, 11) is 0. The van der Waals surface area contributed by atoms with Crippen LogP contribution in [0.25, 0.3) is 6.08 Å². The van der Waals surface area contributed by atoms with Gasteiger partial charge < -0.3 is 0 Å². The minimum Gasteiger partial charge on any atom is -0.193 e. The number of benzene rings is 1. The van der Waals surface area contributed by atoms with Crippen molar-refractivity contribution >= 4 is 6.08 Å². The summed E-state index contributed by atoms with van der Waals surface area (Å²) in [4.78, 5) is 0. The molecule has 0 amide bonds. The third kappa shape index (κ3) is 2.27. The zero-order chi connectivity index (χ0) is 8.10. The number of hydrogen-bond donors (Lipinski definition) is 0. The monoisotopic (exact) mass is 143 g/mol. The fourth-order valence-corrected chi connectivity index (χ4v) is 0.907. The van der Waals surface area contributed by atoms with Crippen molar-refractivity contribution in [3.05, 3.63) is 41.5 Å². The SMILES string of the molecule is Cc1cccc(/C=C/C#N)c1. The highest BCUT2D eigenvalue weighted by Crippen LogP contribution is 2.04. The highest BCUT2D eigenvalue weighted by Gasteiger charge is 1.85. The number of hydrogen-bond acceptors (Lipinski definition) is 1. The van der Waals surface area contributed by atoms with Gasteiger partial charge >= 0.3 is 0 Å². The van der Waals surface area contributed by atoms with Gasteiger partial charge in [-0.3, -0.25) is 0 Å². The maximum Gasteiger partial charge on any atom is 0.0912 e. The zero-order valence-corrected chi connectivity index (χ0v) is 6.41.